The van der Waals surface area contributed by atoms with Gasteiger partial charge in [0.25, 0.3) is 0 Å². The minimum atomic E-state index is -0.662. The molecule has 0 heterocycles. The lowest BCUT2D eigenvalue weighted by molar-refractivity contribution is -0.143. The zero-order valence-corrected chi connectivity index (χ0v) is 53.9. The number of amides is 1. The molecule has 6 nitrogen and oxygen atoms in total. The Morgan fingerprint density at radius 1 is 0.342 bits per heavy atom. The normalized spacial score (nSPS) is 12.5. The summed E-state index contributed by atoms with van der Waals surface area (Å²) in [4.78, 5) is 24.6. The molecule has 6 heteroatoms. The molecule has 0 aromatic rings. The maximum Gasteiger partial charge on any atom is 0.305 e. The van der Waals surface area contributed by atoms with Crippen molar-refractivity contribution in [2.24, 2.45) is 0 Å². The minimum Gasteiger partial charge on any atom is -0.466 e. The van der Waals surface area contributed by atoms with Crippen LogP contribution in [-0.4, -0.2) is 47.4 Å². The van der Waals surface area contributed by atoms with E-state index in [9.17, 15) is 19.8 Å². The first-order valence-corrected chi connectivity index (χ1v) is 36.4. The summed E-state index contributed by atoms with van der Waals surface area (Å²) < 4.78 is 5.47. The van der Waals surface area contributed by atoms with Crippen molar-refractivity contribution >= 4 is 11.9 Å². The molecule has 0 fully saturated rings. The summed E-state index contributed by atoms with van der Waals surface area (Å²) in [7, 11) is 0. The van der Waals surface area contributed by atoms with Crippen LogP contribution < -0.4 is 5.32 Å². The van der Waals surface area contributed by atoms with Crippen LogP contribution in [0.4, 0.5) is 0 Å². The third kappa shape index (κ3) is 65.6. The Hall–Kier alpha value is -1.40. The molecule has 0 aromatic carbocycles. The Labute approximate surface area is 495 Å². The second-order valence-corrected chi connectivity index (χ2v) is 25.3. The molecule has 0 radical (unpaired) electrons. The number of esters is 1. The molecule has 0 aliphatic rings. The minimum absolute atomic E-state index is 0.00931. The van der Waals surface area contributed by atoms with E-state index in [2.05, 4.69) is 31.3 Å². The average Bonchev–Trinajstić information content (AvgIpc) is 3.45. The topological polar surface area (TPSA) is 95.9 Å². The lowest BCUT2D eigenvalue weighted by Gasteiger charge is -2.22. The van der Waals surface area contributed by atoms with Crippen molar-refractivity contribution in [2.45, 2.75) is 431 Å². The van der Waals surface area contributed by atoms with Crippen LogP contribution in [0.5, 0.6) is 0 Å². The monoisotopic (exact) mass is 1110 g/mol. The van der Waals surface area contributed by atoms with Crippen LogP contribution in [0.3, 0.4) is 0 Å². The van der Waals surface area contributed by atoms with Gasteiger partial charge in [-0.3, -0.25) is 9.59 Å². The molecule has 79 heavy (non-hydrogen) atoms. The van der Waals surface area contributed by atoms with Gasteiger partial charge in [-0.1, -0.05) is 373 Å². The van der Waals surface area contributed by atoms with Crippen LogP contribution in [0.25, 0.3) is 0 Å². The maximum atomic E-state index is 12.6. The molecule has 1 amide bonds. The predicted molar refractivity (Wildman–Crippen MR) is 347 cm³/mol. The number of rotatable bonds is 69. The second-order valence-electron chi connectivity index (χ2n) is 25.3. The fourth-order valence-corrected chi connectivity index (χ4v) is 11.7. The fourth-order valence-electron chi connectivity index (χ4n) is 11.7. The van der Waals surface area contributed by atoms with Crippen LogP contribution in [-0.2, 0) is 14.3 Å². The van der Waals surface area contributed by atoms with Crippen LogP contribution in [0.2, 0.25) is 0 Å². The van der Waals surface area contributed by atoms with Crippen molar-refractivity contribution in [3.63, 3.8) is 0 Å². The van der Waals surface area contributed by atoms with Crippen molar-refractivity contribution in [3.8, 4) is 0 Å². The van der Waals surface area contributed by atoms with Gasteiger partial charge >= 0.3 is 5.97 Å². The Kier molecular flexibility index (Phi) is 67.9. The first-order chi connectivity index (χ1) is 39.0. The highest BCUT2D eigenvalue weighted by atomic mass is 16.5. The van der Waals surface area contributed by atoms with Crippen molar-refractivity contribution in [3.05, 3.63) is 12.2 Å². The number of nitrogens with one attached hydrogen (secondary N) is 1. The third-order valence-electron chi connectivity index (χ3n) is 17.3. The lowest BCUT2D eigenvalue weighted by Crippen LogP contribution is -2.45. The summed E-state index contributed by atoms with van der Waals surface area (Å²) in [6, 6.07) is -0.539. The van der Waals surface area contributed by atoms with Gasteiger partial charge in [0.05, 0.1) is 25.4 Å². The summed E-state index contributed by atoms with van der Waals surface area (Å²) in [6.07, 6.45) is 85.6. The van der Waals surface area contributed by atoms with Gasteiger partial charge in [0, 0.05) is 12.8 Å². The summed E-state index contributed by atoms with van der Waals surface area (Å²) in [5.74, 6) is -0.0168. The summed E-state index contributed by atoms with van der Waals surface area (Å²) in [6.45, 7) is 4.96. The Balaban J connectivity index is 3.34. The van der Waals surface area contributed by atoms with E-state index in [-0.39, 0.29) is 18.5 Å². The third-order valence-corrected chi connectivity index (χ3v) is 17.3. The molecule has 0 bridgehead atoms. The molecule has 0 aliphatic heterocycles. The van der Waals surface area contributed by atoms with Gasteiger partial charge in [0.15, 0.2) is 0 Å². The van der Waals surface area contributed by atoms with Gasteiger partial charge in [-0.2, -0.15) is 0 Å². The van der Waals surface area contributed by atoms with Crippen molar-refractivity contribution in [1.82, 2.24) is 5.32 Å². The average molecular weight is 1110 g/mol. The number of aliphatic hydroxyl groups excluding tert-OH is 2. The molecule has 0 spiro atoms. The molecule has 3 N–H and O–H groups in total. The molecule has 2 unspecified atom stereocenters. The molecule has 0 saturated heterocycles. The van der Waals surface area contributed by atoms with E-state index in [0.29, 0.717) is 25.9 Å². The van der Waals surface area contributed by atoms with E-state index in [1.807, 2.05) is 0 Å². The first-order valence-electron chi connectivity index (χ1n) is 36.4. The number of carbonyl (C=O) groups excluding carboxylic acids is 2. The highest BCUT2D eigenvalue weighted by Crippen LogP contribution is 2.20. The lowest BCUT2D eigenvalue weighted by atomic mass is 10.0. The van der Waals surface area contributed by atoms with E-state index in [0.717, 1.165) is 44.9 Å². The summed E-state index contributed by atoms with van der Waals surface area (Å²) >= 11 is 0. The molecule has 470 valence electrons. The summed E-state index contributed by atoms with van der Waals surface area (Å²) in [5.41, 5.74) is 0. The first kappa shape index (κ1) is 77.6. The molecular weight excluding hydrogens is 971 g/mol. The van der Waals surface area contributed by atoms with Gasteiger partial charge in [-0.15, -0.1) is 0 Å². The summed E-state index contributed by atoms with van der Waals surface area (Å²) in [5, 5.41) is 23.4. The van der Waals surface area contributed by atoms with Crippen LogP contribution in [0.1, 0.15) is 418 Å². The van der Waals surface area contributed by atoms with E-state index >= 15 is 0 Å². The number of aliphatic hydroxyl groups is 2. The van der Waals surface area contributed by atoms with E-state index in [1.165, 1.54) is 340 Å². The Bertz CT molecular complexity index is 1190. The van der Waals surface area contributed by atoms with Gasteiger partial charge in [-0.05, 0) is 44.9 Å². The van der Waals surface area contributed by atoms with Crippen LogP contribution >= 0.6 is 0 Å². The number of allylic oxidation sites excluding steroid dienone is 2. The number of unbranched alkanes of at least 4 members (excludes halogenated alkanes) is 56. The van der Waals surface area contributed by atoms with Crippen molar-refractivity contribution < 1.29 is 24.5 Å². The molecule has 0 aromatic heterocycles. The number of hydrogen-bond acceptors (Lipinski definition) is 5. The Morgan fingerprint density at radius 3 is 0.937 bits per heavy atom. The predicted octanol–water partition coefficient (Wildman–Crippen LogP) is 23.5. The number of hydrogen-bond donors (Lipinski definition) is 3. The van der Waals surface area contributed by atoms with Gasteiger partial charge in [0.2, 0.25) is 5.91 Å². The van der Waals surface area contributed by atoms with Crippen molar-refractivity contribution in [1.29, 1.82) is 0 Å². The zero-order chi connectivity index (χ0) is 57.1. The molecule has 0 saturated carbocycles. The quantitative estimate of drug-likeness (QED) is 0.0320. The Morgan fingerprint density at radius 2 is 0.608 bits per heavy atom. The van der Waals surface area contributed by atoms with Crippen LogP contribution in [0, 0.1) is 0 Å². The number of carbonyl (C=O) groups is 2. The second kappa shape index (κ2) is 69.1. The highest BCUT2D eigenvalue weighted by Gasteiger charge is 2.20. The number of ether oxygens (including phenoxy) is 1. The SMILES string of the molecule is CCCC/C=C\CCCCCCCC(=O)OCCCCCCCCCCCCCCCCCCCCCCCCCCCCCCCC(=O)NC(CO)C(O)CCCCCCCCCCCCCCCCCCCCCCCC. The molecule has 0 aliphatic carbocycles. The molecule has 2 atom stereocenters. The van der Waals surface area contributed by atoms with Crippen LogP contribution in [0.15, 0.2) is 12.2 Å². The maximum absolute atomic E-state index is 12.6. The van der Waals surface area contributed by atoms with Crippen molar-refractivity contribution in [2.75, 3.05) is 13.2 Å². The standard InChI is InChI=1S/C73H143NO5/c1-3-5-7-9-11-13-15-16-17-18-19-20-30-33-36-39-42-46-49-53-57-61-65-71(76)70(69-75)74-72(77)66-62-58-54-50-47-43-40-37-34-31-28-26-24-22-21-23-25-27-29-32-35-38-41-44-48-52-56-60-64-68-79-73(78)67-63-59-55-51-45-14-12-10-8-6-4-2/h10,12,70-71,75-76H,3-9,11,13-69H2,1-2H3,(H,74,77)/b12-10-. The highest BCUT2D eigenvalue weighted by molar-refractivity contribution is 5.76. The van der Waals surface area contributed by atoms with Gasteiger partial charge in [-0.25, -0.2) is 0 Å². The van der Waals surface area contributed by atoms with E-state index in [1.54, 1.807) is 0 Å². The largest absolute Gasteiger partial charge is 0.466 e. The zero-order valence-electron chi connectivity index (χ0n) is 53.9. The molecule has 0 rings (SSSR count). The molecular formula is C73H143NO5. The van der Waals surface area contributed by atoms with E-state index in [4.69, 9.17) is 4.74 Å². The smallest absolute Gasteiger partial charge is 0.305 e. The van der Waals surface area contributed by atoms with Gasteiger partial charge < -0.3 is 20.3 Å². The van der Waals surface area contributed by atoms with Gasteiger partial charge in [0.1, 0.15) is 0 Å². The van der Waals surface area contributed by atoms with E-state index < -0.39 is 12.1 Å². The fraction of sp³-hybridized carbons (Fsp3) is 0.945.